The van der Waals surface area contributed by atoms with E-state index in [4.69, 9.17) is 0 Å². The molecule has 1 aromatic heterocycles. The number of nitrogens with zero attached hydrogens (tertiary/aromatic N) is 1. The Morgan fingerprint density at radius 1 is 0.920 bits per heavy atom. The third kappa shape index (κ3) is 2.35. The summed E-state index contributed by atoms with van der Waals surface area (Å²) >= 11 is 0. The highest BCUT2D eigenvalue weighted by atomic mass is 16.1. The van der Waals surface area contributed by atoms with Gasteiger partial charge in [-0.2, -0.15) is 0 Å². The van der Waals surface area contributed by atoms with Crippen molar-refractivity contribution in [1.82, 2.24) is 4.57 Å². The van der Waals surface area contributed by atoms with Gasteiger partial charge in [0.25, 0.3) is 0 Å². The van der Waals surface area contributed by atoms with Gasteiger partial charge < -0.3 is 4.57 Å². The number of aromatic nitrogens is 1. The Bertz CT molecular complexity index is 933. The van der Waals surface area contributed by atoms with Gasteiger partial charge in [0.2, 0.25) is 0 Å². The first-order valence-corrected chi connectivity index (χ1v) is 9.00. The van der Waals surface area contributed by atoms with Crippen LogP contribution in [0.25, 0.3) is 10.9 Å². The van der Waals surface area contributed by atoms with Crippen LogP contribution in [0.3, 0.4) is 0 Å². The second-order valence-corrected chi connectivity index (χ2v) is 8.41. The molecule has 0 atom stereocenters. The van der Waals surface area contributed by atoms with Crippen LogP contribution in [0.4, 0.5) is 0 Å². The molecule has 2 nitrogen and oxygen atoms in total. The second kappa shape index (κ2) is 5.32. The number of carbonyl (C=O) groups is 1. The van der Waals surface area contributed by atoms with Crippen molar-refractivity contribution >= 4 is 16.7 Å². The lowest BCUT2D eigenvalue weighted by Crippen LogP contribution is -2.07. The van der Waals surface area contributed by atoms with Crippen molar-refractivity contribution in [2.75, 3.05) is 0 Å². The van der Waals surface area contributed by atoms with Crippen molar-refractivity contribution in [3.8, 4) is 0 Å². The Morgan fingerprint density at radius 2 is 1.52 bits per heavy atom. The van der Waals surface area contributed by atoms with E-state index in [2.05, 4.69) is 74.9 Å². The molecule has 2 aromatic carbocycles. The summed E-state index contributed by atoms with van der Waals surface area (Å²) < 4.78 is 2.21. The van der Waals surface area contributed by atoms with Crippen LogP contribution in [0, 0.1) is 16.7 Å². The summed E-state index contributed by atoms with van der Waals surface area (Å²) in [6.45, 7) is 9.61. The molecule has 128 valence electrons. The fraction of sp³-hybridized carbons (Fsp3) is 0.348. The van der Waals surface area contributed by atoms with Crippen LogP contribution in [0.2, 0.25) is 0 Å². The summed E-state index contributed by atoms with van der Waals surface area (Å²) in [6, 6.07) is 18.7. The third-order valence-corrected chi connectivity index (χ3v) is 6.53. The lowest BCUT2D eigenvalue weighted by Gasteiger charge is -2.05. The van der Waals surface area contributed by atoms with Gasteiger partial charge in [0.15, 0.2) is 5.78 Å². The maximum absolute atomic E-state index is 13.3. The minimum atomic E-state index is 0.0622. The van der Waals surface area contributed by atoms with E-state index >= 15 is 0 Å². The minimum absolute atomic E-state index is 0.0622. The smallest absolute Gasteiger partial charge is 0.169 e. The van der Waals surface area contributed by atoms with E-state index in [1.54, 1.807) is 0 Å². The Balaban J connectivity index is 1.77. The Hall–Kier alpha value is -2.35. The van der Waals surface area contributed by atoms with Crippen molar-refractivity contribution in [3.63, 3.8) is 0 Å². The Morgan fingerprint density at radius 3 is 2.16 bits per heavy atom. The van der Waals surface area contributed by atoms with Crippen LogP contribution in [-0.4, -0.2) is 10.4 Å². The fourth-order valence-electron chi connectivity index (χ4n) is 4.36. The molecule has 2 heteroatoms. The lowest BCUT2D eigenvalue weighted by molar-refractivity contribution is 0.0946. The van der Waals surface area contributed by atoms with Gasteiger partial charge in [0, 0.05) is 35.1 Å². The maximum atomic E-state index is 13.3. The number of fused-ring (bicyclic) bond motifs is 1. The topological polar surface area (TPSA) is 22.0 Å². The van der Waals surface area contributed by atoms with E-state index in [1.165, 1.54) is 5.56 Å². The molecule has 3 aromatic rings. The number of Topliss-reactive ketones (excluding diaryl/α,β-unsaturated/α-hetero) is 1. The number of hydrogen-bond donors (Lipinski definition) is 0. The molecule has 1 aliphatic rings. The zero-order valence-electron chi connectivity index (χ0n) is 15.4. The number of carbonyl (C=O) groups excluding carboxylic acids is 1. The first kappa shape index (κ1) is 16.1. The van der Waals surface area contributed by atoms with Gasteiger partial charge in [-0.05, 0) is 22.5 Å². The average molecular weight is 331 g/mol. The van der Waals surface area contributed by atoms with Gasteiger partial charge in [0.1, 0.15) is 0 Å². The SMILES string of the molecule is CC1(C)C(C(=O)c2cn(Cc3ccccc3)c3ccccc23)C1(C)C. The molecule has 4 rings (SSSR count). The van der Waals surface area contributed by atoms with Gasteiger partial charge in [-0.1, -0.05) is 76.2 Å². The molecule has 0 unspecified atom stereocenters. The van der Waals surface area contributed by atoms with Crippen LogP contribution >= 0.6 is 0 Å². The molecule has 25 heavy (non-hydrogen) atoms. The van der Waals surface area contributed by atoms with E-state index < -0.39 is 0 Å². The Kier molecular flexibility index (Phi) is 3.44. The highest BCUT2D eigenvalue weighted by Crippen LogP contribution is 2.69. The third-order valence-electron chi connectivity index (χ3n) is 6.53. The van der Waals surface area contributed by atoms with E-state index in [9.17, 15) is 4.79 Å². The van der Waals surface area contributed by atoms with Crippen LogP contribution in [0.5, 0.6) is 0 Å². The maximum Gasteiger partial charge on any atom is 0.169 e. The molecule has 0 N–H and O–H groups in total. The molecule has 0 spiro atoms. The van der Waals surface area contributed by atoms with Crippen molar-refractivity contribution in [2.45, 2.75) is 34.2 Å². The Labute approximate surface area is 149 Å². The number of ketones is 1. The standard InChI is InChI=1S/C23H25NO/c1-22(2)21(23(22,3)4)20(25)18-15-24(14-16-10-6-5-7-11-16)19-13-9-8-12-17(18)19/h5-13,15,21H,14H2,1-4H3. The van der Waals surface area contributed by atoms with E-state index in [-0.39, 0.29) is 22.5 Å². The highest BCUT2D eigenvalue weighted by Gasteiger charge is 2.68. The number of para-hydroxylation sites is 1. The lowest BCUT2D eigenvalue weighted by atomic mass is 10.0. The fourth-order valence-corrected chi connectivity index (χ4v) is 4.36. The highest BCUT2D eigenvalue weighted by molar-refractivity contribution is 6.11. The van der Waals surface area contributed by atoms with Gasteiger partial charge in [-0.25, -0.2) is 0 Å². The molecule has 0 aliphatic heterocycles. The summed E-state index contributed by atoms with van der Waals surface area (Å²) in [5, 5.41) is 1.07. The van der Waals surface area contributed by atoms with Crippen LogP contribution < -0.4 is 0 Å². The monoisotopic (exact) mass is 331 g/mol. The zero-order chi connectivity index (χ0) is 17.8. The first-order valence-electron chi connectivity index (χ1n) is 9.00. The molecular formula is C23H25NO. The van der Waals surface area contributed by atoms with Gasteiger partial charge in [-0.3, -0.25) is 4.79 Å². The molecule has 0 amide bonds. The van der Waals surface area contributed by atoms with Crippen molar-refractivity contribution in [3.05, 3.63) is 71.9 Å². The summed E-state index contributed by atoms with van der Waals surface area (Å²) in [4.78, 5) is 13.3. The van der Waals surface area contributed by atoms with Crippen molar-refractivity contribution in [1.29, 1.82) is 0 Å². The molecule has 0 saturated heterocycles. The quantitative estimate of drug-likeness (QED) is 0.574. The van der Waals surface area contributed by atoms with Crippen LogP contribution in [0.15, 0.2) is 60.8 Å². The molecule has 0 radical (unpaired) electrons. The molecular weight excluding hydrogens is 306 g/mol. The van der Waals surface area contributed by atoms with Gasteiger partial charge in [0.05, 0.1) is 0 Å². The van der Waals surface area contributed by atoms with E-state index in [1.807, 2.05) is 18.2 Å². The van der Waals surface area contributed by atoms with E-state index in [0.29, 0.717) is 0 Å². The summed E-state index contributed by atoms with van der Waals surface area (Å²) in [7, 11) is 0. The van der Waals surface area contributed by atoms with Crippen molar-refractivity contribution in [2.24, 2.45) is 16.7 Å². The van der Waals surface area contributed by atoms with Crippen LogP contribution in [-0.2, 0) is 6.54 Å². The van der Waals surface area contributed by atoms with Crippen LogP contribution in [0.1, 0.15) is 43.6 Å². The normalized spacial score (nSPS) is 18.4. The molecule has 1 aliphatic carbocycles. The largest absolute Gasteiger partial charge is 0.342 e. The summed E-state index contributed by atoms with van der Waals surface area (Å²) in [6.07, 6.45) is 2.06. The minimum Gasteiger partial charge on any atom is -0.342 e. The number of benzene rings is 2. The molecule has 1 heterocycles. The van der Waals surface area contributed by atoms with E-state index in [0.717, 1.165) is 23.0 Å². The first-order chi connectivity index (χ1) is 11.8. The molecule has 1 fully saturated rings. The van der Waals surface area contributed by atoms with Gasteiger partial charge in [-0.15, -0.1) is 0 Å². The second-order valence-electron chi connectivity index (χ2n) is 8.41. The number of hydrogen-bond acceptors (Lipinski definition) is 1. The number of rotatable bonds is 4. The van der Waals surface area contributed by atoms with Crippen molar-refractivity contribution < 1.29 is 4.79 Å². The summed E-state index contributed by atoms with van der Waals surface area (Å²) in [5.41, 5.74) is 3.37. The predicted octanol–water partition coefficient (Wildman–Crippen LogP) is 5.55. The molecule has 1 saturated carbocycles. The zero-order valence-corrected chi connectivity index (χ0v) is 15.4. The summed E-state index contributed by atoms with van der Waals surface area (Å²) in [5.74, 6) is 0.383. The predicted molar refractivity (Wildman–Crippen MR) is 103 cm³/mol. The average Bonchev–Trinajstić information content (AvgIpc) is 2.86. The van der Waals surface area contributed by atoms with Gasteiger partial charge >= 0.3 is 0 Å². The molecule has 0 bridgehead atoms.